The summed E-state index contributed by atoms with van der Waals surface area (Å²) in [7, 11) is 0. The molecule has 0 heterocycles. The summed E-state index contributed by atoms with van der Waals surface area (Å²) in [5.74, 6) is 3.21. The van der Waals surface area contributed by atoms with Gasteiger partial charge >= 0.3 is 5.97 Å². The number of ether oxygens (including phenoxy) is 1. The van der Waals surface area contributed by atoms with E-state index in [0.29, 0.717) is 34.0 Å². The molecule has 8 atom stereocenters. The predicted octanol–water partition coefficient (Wildman–Crippen LogP) is 8.91. The van der Waals surface area contributed by atoms with Crippen molar-refractivity contribution in [3.63, 3.8) is 0 Å². The maximum Gasteiger partial charge on any atom is 0.302 e. The number of carbonyl (C=O) groups is 1. The van der Waals surface area contributed by atoms with Crippen molar-refractivity contribution >= 4 is 5.97 Å². The van der Waals surface area contributed by atoms with Crippen LogP contribution in [0.5, 0.6) is 0 Å². The van der Waals surface area contributed by atoms with Gasteiger partial charge in [-0.2, -0.15) is 0 Å². The molecule has 0 amide bonds. The van der Waals surface area contributed by atoms with E-state index in [9.17, 15) is 4.79 Å². The molecule has 0 radical (unpaired) electrons. The molecule has 0 aliphatic heterocycles. The highest BCUT2D eigenvalue weighted by Gasteiger charge is 2.62. The minimum Gasteiger partial charge on any atom is -0.462 e. The predicted molar refractivity (Wildman–Crippen MR) is 142 cm³/mol. The molecule has 2 saturated carbocycles. The summed E-state index contributed by atoms with van der Waals surface area (Å²) < 4.78 is 5.77. The summed E-state index contributed by atoms with van der Waals surface area (Å²) in [6.45, 7) is 23.3. The number of hydrogen-bond donors (Lipinski definition) is 0. The number of hydrogen-bond acceptors (Lipinski definition) is 2. The standard InChI is InChI=1S/C32H52O2/c1-20(2)21(3)10-11-22(4)25-14-18-32(9)28-13-12-26-23(5)29(34-24(6)33)16-17-30(26,7)27(28)15-19-31(25,32)8/h20,22-23,25-26,29H,3,10-19H2,1-2,4-9H3/t22-,23+,25-,26+,29+,30+,31-,32+/m1/s1. The first kappa shape index (κ1) is 26.0. The Hall–Kier alpha value is -1.05. The molecule has 0 aromatic heterocycles. The molecule has 4 rings (SSSR count). The molecule has 192 valence electrons. The van der Waals surface area contributed by atoms with Crippen LogP contribution in [0.2, 0.25) is 0 Å². The molecule has 0 aromatic rings. The number of esters is 1. The molecular formula is C32H52O2. The molecule has 0 unspecified atom stereocenters. The quantitative estimate of drug-likeness (QED) is 0.287. The van der Waals surface area contributed by atoms with E-state index in [0.717, 1.165) is 18.3 Å². The van der Waals surface area contributed by atoms with Crippen LogP contribution in [0.15, 0.2) is 23.3 Å². The number of rotatable bonds is 6. The number of fused-ring (bicyclic) bond motifs is 4. The summed E-state index contributed by atoms with van der Waals surface area (Å²) in [6, 6.07) is 0. The molecule has 34 heavy (non-hydrogen) atoms. The second-order valence-corrected chi connectivity index (χ2v) is 13.8. The minimum atomic E-state index is -0.111. The van der Waals surface area contributed by atoms with Crippen LogP contribution >= 0.6 is 0 Å². The maximum atomic E-state index is 11.7. The lowest BCUT2D eigenvalue weighted by Crippen LogP contribution is -2.52. The normalized spacial score (nSPS) is 42.6. The highest BCUT2D eigenvalue weighted by atomic mass is 16.5. The first-order valence-corrected chi connectivity index (χ1v) is 14.4. The third kappa shape index (κ3) is 3.94. The molecule has 2 fully saturated rings. The summed E-state index contributed by atoms with van der Waals surface area (Å²) in [4.78, 5) is 11.7. The Kier molecular flexibility index (Phi) is 6.98. The van der Waals surface area contributed by atoms with Gasteiger partial charge in [-0.1, -0.05) is 71.8 Å². The fourth-order valence-corrected chi connectivity index (χ4v) is 9.52. The summed E-state index contributed by atoms with van der Waals surface area (Å²) in [5.41, 5.74) is 6.20. The van der Waals surface area contributed by atoms with Crippen LogP contribution < -0.4 is 0 Å². The third-order valence-electron chi connectivity index (χ3n) is 12.1. The van der Waals surface area contributed by atoms with Gasteiger partial charge in [0, 0.05) is 6.92 Å². The molecule has 0 bridgehead atoms. The fraction of sp³-hybridized carbons (Fsp3) is 0.844. The van der Waals surface area contributed by atoms with Gasteiger partial charge in [0.2, 0.25) is 0 Å². The van der Waals surface area contributed by atoms with E-state index in [1.54, 1.807) is 6.92 Å². The highest BCUT2D eigenvalue weighted by molar-refractivity contribution is 5.66. The van der Waals surface area contributed by atoms with E-state index in [-0.39, 0.29) is 12.1 Å². The van der Waals surface area contributed by atoms with Crippen molar-refractivity contribution in [2.75, 3.05) is 0 Å². The summed E-state index contributed by atoms with van der Waals surface area (Å²) in [5, 5.41) is 0. The zero-order chi connectivity index (χ0) is 25.1. The van der Waals surface area contributed by atoms with Crippen molar-refractivity contribution in [1.82, 2.24) is 0 Å². The van der Waals surface area contributed by atoms with E-state index >= 15 is 0 Å². The Labute approximate surface area is 210 Å². The minimum absolute atomic E-state index is 0.111. The van der Waals surface area contributed by atoms with Crippen LogP contribution in [-0.2, 0) is 9.53 Å². The Morgan fingerprint density at radius 1 is 1.03 bits per heavy atom. The van der Waals surface area contributed by atoms with E-state index < -0.39 is 0 Å². The van der Waals surface area contributed by atoms with Crippen LogP contribution in [0.1, 0.15) is 120 Å². The lowest BCUT2D eigenvalue weighted by Gasteiger charge is -2.60. The zero-order valence-electron chi connectivity index (χ0n) is 23.6. The van der Waals surface area contributed by atoms with Gasteiger partial charge < -0.3 is 4.74 Å². The van der Waals surface area contributed by atoms with Gasteiger partial charge in [-0.25, -0.2) is 0 Å². The second kappa shape index (κ2) is 9.11. The SMILES string of the molecule is C=C(CC[C@@H](C)[C@H]1CC[C@@]2(C)C3=C(CC[C@]12C)[C@@]1(C)CC[C@H](OC(C)=O)[C@@H](C)[C@@H]1CC3)C(C)C. The maximum absolute atomic E-state index is 11.7. The van der Waals surface area contributed by atoms with Gasteiger partial charge in [0.05, 0.1) is 0 Å². The van der Waals surface area contributed by atoms with Gasteiger partial charge in [-0.3, -0.25) is 4.79 Å². The van der Waals surface area contributed by atoms with Gasteiger partial charge in [-0.15, -0.1) is 0 Å². The van der Waals surface area contributed by atoms with E-state index in [1.165, 1.54) is 63.4 Å². The summed E-state index contributed by atoms with van der Waals surface area (Å²) >= 11 is 0. The van der Waals surface area contributed by atoms with Crippen molar-refractivity contribution in [3.8, 4) is 0 Å². The summed E-state index contributed by atoms with van der Waals surface area (Å²) in [6.07, 6.45) is 12.8. The van der Waals surface area contributed by atoms with Crippen molar-refractivity contribution < 1.29 is 9.53 Å². The topological polar surface area (TPSA) is 26.3 Å². The first-order valence-electron chi connectivity index (χ1n) is 14.4. The van der Waals surface area contributed by atoms with Crippen molar-refractivity contribution in [2.24, 2.45) is 45.8 Å². The Bertz CT molecular complexity index is 851. The average Bonchev–Trinajstić information content (AvgIpc) is 3.05. The Morgan fingerprint density at radius 2 is 1.74 bits per heavy atom. The number of allylic oxidation sites excluding steroid dienone is 3. The van der Waals surface area contributed by atoms with Gasteiger partial charge in [0.15, 0.2) is 0 Å². The molecule has 0 saturated heterocycles. The zero-order valence-corrected chi connectivity index (χ0v) is 23.6. The molecule has 4 aliphatic rings. The lowest BCUT2D eigenvalue weighted by atomic mass is 9.45. The first-order chi connectivity index (χ1) is 15.8. The molecule has 2 nitrogen and oxygen atoms in total. The van der Waals surface area contributed by atoms with Gasteiger partial charge in [-0.05, 0) is 110 Å². The molecule has 0 spiro atoms. The van der Waals surface area contributed by atoms with Crippen molar-refractivity contribution in [2.45, 2.75) is 126 Å². The molecule has 0 aromatic carbocycles. The number of carbonyl (C=O) groups excluding carboxylic acids is 1. The van der Waals surface area contributed by atoms with E-state index in [4.69, 9.17) is 4.74 Å². The highest BCUT2D eigenvalue weighted by Crippen LogP contribution is 2.71. The van der Waals surface area contributed by atoms with Crippen LogP contribution in [0.4, 0.5) is 0 Å². The monoisotopic (exact) mass is 468 g/mol. The van der Waals surface area contributed by atoms with Gasteiger partial charge in [0.25, 0.3) is 0 Å². The fourth-order valence-electron chi connectivity index (χ4n) is 9.52. The van der Waals surface area contributed by atoms with E-state index in [2.05, 4.69) is 55.0 Å². The molecule has 0 N–H and O–H groups in total. The van der Waals surface area contributed by atoms with Crippen molar-refractivity contribution in [3.05, 3.63) is 23.3 Å². The molecule has 4 aliphatic carbocycles. The average molecular weight is 469 g/mol. The van der Waals surface area contributed by atoms with Gasteiger partial charge in [0.1, 0.15) is 6.10 Å². The molecule has 2 heteroatoms. The third-order valence-corrected chi connectivity index (χ3v) is 12.1. The second-order valence-electron chi connectivity index (χ2n) is 13.8. The van der Waals surface area contributed by atoms with E-state index in [1.807, 2.05) is 11.1 Å². The van der Waals surface area contributed by atoms with Crippen LogP contribution in [-0.4, -0.2) is 12.1 Å². The van der Waals surface area contributed by atoms with Crippen LogP contribution in [0.3, 0.4) is 0 Å². The molecular weight excluding hydrogens is 416 g/mol. The largest absolute Gasteiger partial charge is 0.462 e. The lowest BCUT2D eigenvalue weighted by molar-refractivity contribution is -0.155. The Morgan fingerprint density at radius 3 is 2.38 bits per heavy atom. The van der Waals surface area contributed by atoms with Crippen LogP contribution in [0, 0.1) is 45.8 Å². The van der Waals surface area contributed by atoms with Crippen molar-refractivity contribution in [1.29, 1.82) is 0 Å². The Balaban J connectivity index is 1.58. The van der Waals surface area contributed by atoms with Crippen LogP contribution in [0.25, 0.3) is 0 Å². The smallest absolute Gasteiger partial charge is 0.302 e.